The van der Waals surface area contributed by atoms with Crippen molar-refractivity contribution in [2.45, 2.75) is 0 Å². The van der Waals surface area contributed by atoms with Crippen molar-refractivity contribution in [1.82, 2.24) is 0 Å². The molecule has 128 valence electrons. The number of benzene rings is 3. The number of carboxylic acid groups (broad SMARTS) is 2. The SMILES string of the molecule is O=C(O)c1ccccc1C(=O)O.S=C1C=Cc2cccc3cccc1c23. The van der Waals surface area contributed by atoms with Crippen molar-refractivity contribution < 1.29 is 19.8 Å². The van der Waals surface area contributed by atoms with E-state index < -0.39 is 11.9 Å². The highest BCUT2D eigenvalue weighted by molar-refractivity contribution is 7.81. The summed E-state index contributed by atoms with van der Waals surface area (Å²) in [5, 5.41) is 19.7. The molecule has 0 atom stereocenters. The van der Waals surface area contributed by atoms with Crippen LogP contribution in [0, 0.1) is 0 Å². The van der Waals surface area contributed by atoms with Gasteiger partial charge in [-0.3, -0.25) is 0 Å². The first-order chi connectivity index (χ1) is 12.5. The summed E-state index contributed by atoms with van der Waals surface area (Å²) in [6, 6.07) is 18.1. The van der Waals surface area contributed by atoms with Gasteiger partial charge in [-0.15, -0.1) is 0 Å². The lowest BCUT2D eigenvalue weighted by Gasteiger charge is -2.12. The van der Waals surface area contributed by atoms with Gasteiger partial charge < -0.3 is 10.2 Å². The quantitative estimate of drug-likeness (QED) is 0.648. The highest BCUT2D eigenvalue weighted by Crippen LogP contribution is 2.28. The number of aromatic carboxylic acids is 2. The van der Waals surface area contributed by atoms with Gasteiger partial charge in [-0.05, 0) is 34.5 Å². The first kappa shape index (κ1) is 17.5. The van der Waals surface area contributed by atoms with E-state index in [4.69, 9.17) is 22.4 Å². The van der Waals surface area contributed by atoms with E-state index in [2.05, 4.69) is 42.5 Å². The van der Waals surface area contributed by atoms with Crippen LogP contribution in [0.2, 0.25) is 0 Å². The Bertz CT molecular complexity index is 1030. The number of hydrogen-bond acceptors (Lipinski definition) is 3. The van der Waals surface area contributed by atoms with E-state index in [1.165, 1.54) is 46.2 Å². The second-order valence-electron chi connectivity index (χ2n) is 5.60. The lowest BCUT2D eigenvalue weighted by molar-refractivity contribution is 0.0651. The third-order valence-electron chi connectivity index (χ3n) is 4.00. The third-order valence-corrected chi connectivity index (χ3v) is 4.36. The van der Waals surface area contributed by atoms with Crippen molar-refractivity contribution in [3.05, 3.63) is 89.0 Å². The van der Waals surface area contributed by atoms with Gasteiger partial charge in [-0.25, -0.2) is 9.59 Å². The zero-order valence-corrected chi connectivity index (χ0v) is 14.4. The maximum Gasteiger partial charge on any atom is 0.336 e. The number of rotatable bonds is 2. The summed E-state index contributed by atoms with van der Waals surface area (Å²) in [5.74, 6) is -2.46. The van der Waals surface area contributed by atoms with Gasteiger partial charge >= 0.3 is 11.9 Å². The van der Waals surface area contributed by atoms with Crippen LogP contribution in [0.5, 0.6) is 0 Å². The van der Waals surface area contributed by atoms with Crippen molar-refractivity contribution in [2.75, 3.05) is 0 Å². The molecule has 3 aromatic carbocycles. The predicted molar refractivity (Wildman–Crippen MR) is 105 cm³/mol. The van der Waals surface area contributed by atoms with Crippen LogP contribution in [0.3, 0.4) is 0 Å². The van der Waals surface area contributed by atoms with E-state index in [1.807, 2.05) is 6.08 Å². The van der Waals surface area contributed by atoms with Crippen molar-refractivity contribution >= 4 is 45.9 Å². The molecule has 2 N–H and O–H groups in total. The molecule has 0 aliphatic heterocycles. The second kappa shape index (κ2) is 7.29. The summed E-state index contributed by atoms with van der Waals surface area (Å²) in [6.45, 7) is 0. The fraction of sp³-hybridized carbons (Fsp3) is 0. The molecule has 0 amide bonds. The summed E-state index contributed by atoms with van der Waals surface area (Å²) < 4.78 is 0. The van der Waals surface area contributed by atoms with Gasteiger partial charge in [0.15, 0.2) is 0 Å². The molecule has 3 aromatic rings. The molecule has 0 saturated heterocycles. The minimum atomic E-state index is -1.23. The molecule has 1 aliphatic rings. The van der Waals surface area contributed by atoms with E-state index in [1.54, 1.807) is 0 Å². The largest absolute Gasteiger partial charge is 0.478 e. The fourth-order valence-corrected chi connectivity index (χ4v) is 3.06. The summed E-state index contributed by atoms with van der Waals surface area (Å²) >= 11 is 5.31. The number of thiocarbonyl (C=S) groups is 1. The Morgan fingerprint density at radius 3 is 1.88 bits per heavy atom. The number of carbonyl (C=O) groups is 2. The van der Waals surface area contributed by atoms with Crippen LogP contribution in [0.4, 0.5) is 0 Å². The van der Waals surface area contributed by atoms with E-state index in [0.29, 0.717) is 0 Å². The van der Waals surface area contributed by atoms with Crippen LogP contribution >= 0.6 is 12.2 Å². The molecule has 0 saturated carbocycles. The number of allylic oxidation sites excluding steroid dienone is 1. The maximum absolute atomic E-state index is 10.5. The first-order valence-electron chi connectivity index (χ1n) is 7.79. The molecule has 5 heteroatoms. The van der Waals surface area contributed by atoms with Crippen LogP contribution < -0.4 is 0 Å². The monoisotopic (exact) mass is 362 g/mol. The highest BCUT2D eigenvalue weighted by Gasteiger charge is 2.13. The predicted octanol–water partition coefficient (Wildman–Crippen LogP) is 4.67. The average Bonchev–Trinajstić information content (AvgIpc) is 2.65. The molecule has 0 radical (unpaired) electrons. The third kappa shape index (κ3) is 3.38. The zero-order valence-electron chi connectivity index (χ0n) is 13.5. The molecule has 4 nitrogen and oxygen atoms in total. The Labute approximate surface area is 155 Å². The van der Waals surface area contributed by atoms with Gasteiger partial charge in [-0.1, -0.05) is 66.8 Å². The van der Waals surface area contributed by atoms with Crippen molar-refractivity contribution in [2.24, 2.45) is 0 Å². The Morgan fingerprint density at radius 2 is 1.31 bits per heavy atom. The normalized spacial score (nSPS) is 11.6. The van der Waals surface area contributed by atoms with E-state index in [9.17, 15) is 9.59 Å². The molecule has 0 heterocycles. The van der Waals surface area contributed by atoms with E-state index in [0.717, 1.165) is 4.86 Å². The maximum atomic E-state index is 10.5. The molecule has 0 spiro atoms. The summed E-state index contributed by atoms with van der Waals surface area (Å²) in [7, 11) is 0. The molecule has 0 unspecified atom stereocenters. The minimum Gasteiger partial charge on any atom is -0.478 e. The van der Waals surface area contributed by atoms with Crippen molar-refractivity contribution in [3.8, 4) is 0 Å². The van der Waals surface area contributed by atoms with Crippen LogP contribution in [-0.2, 0) is 0 Å². The van der Waals surface area contributed by atoms with Crippen molar-refractivity contribution in [3.63, 3.8) is 0 Å². The van der Waals surface area contributed by atoms with Gasteiger partial charge in [0.05, 0.1) is 11.1 Å². The smallest absolute Gasteiger partial charge is 0.336 e. The molecular weight excluding hydrogens is 348 g/mol. The van der Waals surface area contributed by atoms with Gasteiger partial charge in [0, 0.05) is 10.4 Å². The van der Waals surface area contributed by atoms with Crippen LogP contribution in [0.15, 0.2) is 66.7 Å². The van der Waals surface area contributed by atoms with Crippen LogP contribution in [0.25, 0.3) is 16.8 Å². The van der Waals surface area contributed by atoms with Gasteiger partial charge in [-0.2, -0.15) is 0 Å². The van der Waals surface area contributed by atoms with Gasteiger partial charge in [0.2, 0.25) is 0 Å². The molecule has 0 fully saturated rings. The Morgan fingerprint density at radius 1 is 0.731 bits per heavy atom. The molecular formula is C21H14O4S. The summed E-state index contributed by atoms with van der Waals surface area (Å²) in [5.41, 5.74) is 2.08. The molecule has 26 heavy (non-hydrogen) atoms. The van der Waals surface area contributed by atoms with Gasteiger partial charge in [0.25, 0.3) is 0 Å². The lowest BCUT2D eigenvalue weighted by Crippen LogP contribution is -2.06. The van der Waals surface area contributed by atoms with Gasteiger partial charge in [0.1, 0.15) is 0 Å². The molecule has 4 rings (SSSR count). The Kier molecular flexibility index (Phi) is 4.91. The Hall–Kier alpha value is -3.31. The summed E-state index contributed by atoms with van der Waals surface area (Å²) in [6.07, 6.45) is 4.10. The van der Waals surface area contributed by atoms with E-state index in [-0.39, 0.29) is 11.1 Å². The van der Waals surface area contributed by atoms with Crippen molar-refractivity contribution in [1.29, 1.82) is 0 Å². The average molecular weight is 362 g/mol. The zero-order chi connectivity index (χ0) is 18.7. The first-order valence-corrected chi connectivity index (χ1v) is 8.19. The molecule has 0 bridgehead atoms. The number of carboxylic acids is 2. The highest BCUT2D eigenvalue weighted by atomic mass is 32.1. The lowest BCUT2D eigenvalue weighted by atomic mass is 9.93. The standard InChI is InChI=1S/C13H8S.C8H6O4/c14-12-8-7-10-4-1-3-9-5-2-6-11(12)13(9)10;9-7(10)5-3-1-2-4-6(5)8(11)12/h1-8H;1-4H,(H,9,10)(H,11,12). The topological polar surface area (TPSA) is 74.6 Å². The second-order valence-corrected chi connectivity index (χ2v) is 6.04. The number of hydrogen-bond donors (Lipinski definition) is 2. The Balaban J connectivity index is 0.000000153. The summed E-state index contributed by atoms with van der Waals surface area (Å²) in [4.78, 5) is 21.9. The molecule has 1 aliphatic carbocycles. The van der Waals surface area contributed by atoms with Crippen LogP contribution in [0.1, 0.15) is 31.8 Å². The van der Waals surface area contributed by atoms with E-state index >= 15 is 0 Å². The fourth-order valence-electron chi connectivity index (χ4n) is 2.83. The van der Waals surface area contributed by atoms with Crippen LogP contribution in [-0.4, -0.2) is 27.0 Å². The minimum absolute atomic E-state index is 0.190. The molecule has 0 aromatic heterocycles.